The summed E-state index contributed by atoms with van der Waals surface area (Å²) in [7, 11) is 0. The van der Waals surface area contributed by atoms with Crippen molar-refractivity contribution in [2.75, 3.05) is 0 Å². The maximum absolute atomic E-state index is 4.31. The summed E-state index contributed by atoms with van der Waals surface area (Å²) in [5.41, 5.74) is 0.963. The van der Waals surface area contributed by atoms with Gasteiger partial charge in [0, 0.05) is 29.3 Å². The van der Waals surface area contributed by atoms with Crippen LogP contribution in [0.4, 0.5) is 0 Å². The molecule has 0 amide bonds. The summed E-state index contributed by atoms with van der Waals surface area (Å²) < 4.78 is 1.01. The highest BCUT2D eigenvalue weighted by atomic mass is 79.9. The van der Waals surface area contributed by atoms with Crippen LogP contribution in [0.2, 0.25) is 0 Å². The standard InChI is InChI=1S/C11H10BrN3S/c1-8(10-7-13-5-6-14-10)16-11-9(12)3-2-4-15-11/h2-8H,1H3. The second-order valence-corrected chi connectivity index (χ2v) is 5.36. The molecule has 0 aromatic carbocycles. The number of pyridine rings is 1. The number of thioether (sulfide) groups is 1. The molecule has 82 valence electrons. The van der Waals surface area contributed by atoms with E-state index in [4.69, 9.17) is 0 Å². The van der Waals surface area contributed by atoms with Gasteiger partial charge in [0.05, 0.1) is 10.9 Å². The van der Waals surface area contributed by atoms with Crippen LogP contribution in [-0.2, 0) is 0 Å². The molecular formula is C11H10BrN3S. The average Bonchev–Trinajstić information content (AvgIpc) is 2.33. The van der Waals surface area contributed by atoms with Crippen molar-refractivity contribution in [2.45, 2.75) is 17.2 Å². The lowest BCUT2D eigenvalue weighted by Crippen LogP contribution is -1.94. The second kappa shape index (κ2) is 5.41. The van der Waals surface area contributed by atoms with E-state index in [0.29, 0.717) is 0 Å². The normalized spacial score (nSPS) is 12.4. The topological polar surface area (TPSA) is 38.7 Å². The molecule has 0 bridgehead atoms. The van der Waals surface area contributed by atoms with Gasteiger partial charge >= 0.3 is 0 Å². The molecule has 0 aliphatic rings. The minimum absolute atomic E-state index is 0.236. The summed E-state index contributed by atoms with van der Waals surface area (Å²) in [6.45, 7) is 2.09. The number of aromatic nitrogens is 3. The fraction of sp³-hybridized carbons (Fsp3) is 0.182. The van der Waals surface area contributed by atoms with E-state index in [1.54, 1.807) is 36.5 Å². The Kier molecular flexibility index (Phi) is 3.90. The maximum Gasteiger partial charge on any atom is 0.111 e. The summed E-state index contributed by atoms with van der Waals surface area (Å²) in [6.07, 6.45) is 6.96. The zero-order valence-corrected chi connectivity index (χ0v) is 11.1. The third-order valence-electron chi connectivity index (χ3n) is 2.01. The molecule has 0 aliphatic carbocycles. The quantitative estimate of drug-likeness (QED) is 0.813. The van der Waals surface area contributed by atoms with E-state index in [2.05, 4.69) is 37.8 Å². The first-order valence-electron chi connectivity index (χ1n) is 4.80. The van der Waals surface area contributed by atoms with Gasteiger partial charge in [0.2, 0.25) is 0 Å². The predicted octanol–water partition coefficient (Wildman–Crippen LogP) is 3.49. The van der Waals surface area contributed by atoms with Crippen LogP contribution < -0.4 is 0 Å². The van der Waals surface area contributed by atoms with Crippen LogP contribution >= 0.6 is 27.7 Å². The number of nitrogens with zero attached hydrogens (tertiary/aromatic N) is 3. The lowest BCUT2D eigenvalue weighted by atomic mass is 10.3. The van der Waals surface area contributed by atoms with Crippen LogP contribution in [0, 0.1) is 0 Å². The average molecular weight is 296 g/mol. The molecule has 16 heavy (non-hydrogen) atoms. The molecule has 1 unspecified atom stereocenters. The molecule has 0 aliphatic heterocycles. The summed E-state index contributed by atoms with van der Waals surface area (Å²) in [5.74, 6) is 0. The molecule has 0 N–H and O–H groups in total. The molecule has 1 atom stereocenters. The van der Waals surface area contributed by atoms with Crippen LogP contribution in [0.1, 0.15) is 17.9 Å². The first kappa shape index (κ1) is 11.5. The zero-order valence-electron chi connectivity index (χ0n) is 8.67. The Morgan fingerprint density at radius 3 is 2.81 bits per heavy atom. The highest BCUT2D eigenvalue weighted by molar-refractivity contribution is 9.10. The summed E-state index contributed by atoms with van der Waals surface area (Å²) in [5, 5.41) is 1.21. The van der Waals surface area contributed by atoms with Crippen molar-refractivity contribution in [3.8, 4) is 0 Å². The van der Waals surface area contributed by atoms with Crippen molar-refractivity contribution in [1.82, 2.24) is 15.0 Å². The Morgan fingerprint density at radius 1 is 1.25 bits per heavy atom. The van der Waals surface area contributed by atoms with E-state index in [1.165, 1.54) is 0 Å². The predicted molar refractivity (Wildman–Crippen MR) is 68.2 cm³/mol. The molecule has 3 nitrogen and oxygen atoms in total. The first-order valence-corrected chi connectivity index (χ1v) is 6.47. The van der Waals surface area contributed by atoms with Gasteiger partial charge in [-0.25, -0.2) is 4.98 Å². The van der Waals surface area contributed by atoms with Crippen LogP contribution in [0.3, 0.4) is 0 Å². The number of hydrogen-bond donors (Lipinski definition) is 0. The van der Waals surface area contributed by atoms with E-state index in [1.807, 2.05) is 12.1 Å². The molecule has 0 spiro atoms. The first-order chi connectivity index (χ1) is 7.77. The third-order valence-corrected chi connectivity index (χ3v) is 4.06. The van der Waals surface area contributed by atoms with Gasteiger partial charge in [-0.3, -0.25) is 9.97 Å². The molecule has 5 heteroatoms. The SMILES string of the molecule is CC(Sc1ncccc1Br)c1cnccn1. The lowest BCUT2D eigenvalue weighted by molar-refractivity contribution is 0.966. The van der Waals surface area contributed by atoms with E-state index in [0.717, 1.165) is 15.2 Å². The van der Waals surface area contributed by atoms with Gasteiger partial charge in [-0.2, -0.15) is 0 Å². The van der Waals surface area contributed by atoms with Gasteiger partial charge in [-0.05, 0) is 35.0 Å². The van der Waals surface area contributed by atoms with Crippen LogP contribution in [0.25, 0.3) is 0 Å². The number of rotatable bonds is 3. The molecular weight excluding hydrogens is 286 g/mol. The molecule has 2 rings (SSSR count). The Morgan fingerprint density at radius 2 is 2.12 bits per heavy atom. The van der Waals surface area contributed by atoms with Crippen molar-refractivity contribution in [2.24, 2.45) is 0 Å². The molecule has 2 aromatic heterocycles. The summed E-state index contributed by atoms with van der Waals surface area (Å²) >= 11 is 5.14. The third kappa shape index (κ3) is 2.80. The smallest absolute Gasteiger partial charge is 0.111 e. The molecule has 2 heterocycles. The summed E-state index contributed by atoms with van der Waals surface area (Å²) in [6, 6.07) is 3.89. The largest absolute Gasteiger partial charge is 0.261 e. The van der Waals surface area contributed by atoms with Gasteiger partial charge < -0.3 is 0 Å². The summed E-state index contributed by atoms with van der Waals surface area (Å²) in [4.78, 5) is 12.7. The minimum Gasteiger partial charge on any atom is -0.261 e. The molecule has 0 radical (unpaired) electrons. The van der Waals surface area contributed by atoms with Gasteiger partial charge in [-0.1, -0.05) is 11.8 Å². The fourth-order valence-electron chi connectivity index (χ4n) is 1.21. The van der Waals surface area contributed by atoms with Crippen molar-refractivity contribution in [1.29, 1.82) is 0 Å². The lowest BCUT2D eigenvalue weighted by Gasteiger charge is -2.09. The highest BCUT2D eigenvalue weighted by Crippen LogP contribution is 2.35. The minimum atomic E-state index is 0.236. The van der Waals surface area contributed by atoms with E-state index in [-0.39, 0.29) is 5.25 Å². The molecule has 2 aromatic rings. The van der Waals surface area contributed by atoms with E-state index < -0.39 is 0 Å². The van der Waals surface area contributed by atoms with Crippen LogP contribution in [-0.4, -0.2) is 15.0 Å². The van der Waals surface area contributed by atoms with Gasteiger partial charge in [0.25, 0.3) is 0 Å². The second-order valence-electron chi connectivity index (χ2n) is 3.18. The highest BCUT2D eigenvalue weighted by Gasteiger charge is 2.11. The van der Waals surface area contributed by atoms with E-state index in [9.17, 15) is 0 Å². The van der Waals surface area contributed by atoms with Gasteiger partial charge in [0.15, 0.2) is 0 Å². The van der Waals surface area contributed by atoms with Crippen LogP contribution in [0.5, 0.6) is 0 Å². The van der Waals surface area contributed by atoms with Crippen molar-refractivity contribution >= 4 is 27.7 Å². The number of halogens is 1. The van der Waals surface area contributed by atoms with Gasteiger partial charge in [-0.15, -0.1) is 0 Å². The zero-order chi connectivity index (χ0) is 11.4. The monoisotopic (exact) mass is 295 g/mol. The molecule has 0 fully saturated rings. The van der Waals surface area contributed by atoms with Gasteiger partial charge in [0.1, 0.15) is 5.03 Å². The molecule has 0 saturated heterocycles. The van der Waals surface area contributed by atoms with Crippen molar-refractivity contribution in [3.05, 3.63) is 47.1 Å². The Labute approximate surface area is 107 Å². The Hall–Kier alpha value is -0.940. The Balaban J connectivity index is 2.14. The van der Waals surface area contributed by atoms with Crippen molar-refractivity contribution < 1.29 is 0 Å². The molecule has 0 saturated carbocycles. The Bertz CT molecular complexity index is 464. The van der Waals surface area contributed by atoms with Crippen LogP contribution in [0.15, 0.2) is 46.4 Å². The van der Waals surface area contributed by atoms with E-state index >= 15 is 0 Å². The maximum atomic E-state index is 4.31. The van der Waals surface area contributed by atoms with Crippen molar-refractivity contribution in [3.63, 3.8) is 0 Å². The number of hydrogen-bond acceptors (Lipinski definition) is 4. The fourth-order valence-corrected chi connectivity index (χ4v) is 2.62.